The van der Waals surface area contributed by atoms with E-state index >= 15 is 0 Å². The SMILES string of the molecule is CCOC(=O)N1CCC(NC(N)=NCCc2nc(-c3ccco3)n[nH]2)CC1. The van der Waals surface area contributed by atoms with Gasteiger partial charge in [-0.2, -0.15) is 5.10 Å². The second-order valence-corrected chi connectivity index (χ2v) is 6.20. The van der Waals surface area contributed by atoms with E-state index in [1.807, 2.05) is 0 Å². The Bertz CT molecular complexity index is 748. The average molecular weight is 375 g/mol. The Kier molecular flexibility index (Phi) is 6.29. The predicted molar refractivity (Wildman–Crippen MR) is 99.0 cm³/mol. The molecule has 0 aliphatic carbocycles. The van der Waals surface area contributed by atoms with Crippen molar-refractivity contribution in [2.75, 3.05) is 26.2 Å². The number of H-pyrrole nitrogens is 1. The van der Waals surface area contributed by atoms with Crippen molar-refractivity contribution >= 4 is 12.1 Å². The van der Waals surface area contributed by atoms with Crippen molar-refractivity contribution < 1.29 is 13.9 Å². The third kappa shape index (κ3) is 5.22. The van der Waals surface area contributed by atoms with E-state index in [4.69, 9.17) is 14.9 Å². The first-order chi connectivity index (χ1) is 13.2. The molecule has 10 nitrogen and oxygen atoms in total. The molecule has 0 aromatic carbocycles. The minimum absolute atomic E-state index is 0.204. The highest BCUT2D eigenvalue weighted by molar-refractivity contribution is 5.78. The summed E-state index contributed by atoms with van der Waals surface area (Å²) in [5.74, 6) is 2.27. The summed E-state index contributed by atoms with van der Waals surface area (Å²) in [7, 11) is 0. The van der Waals surface area contributed by atoms with Gasteiger partial charge < -0.3 is 25.1 Å². The molecule has 146 valence electrons. The van der Waals surface area contributed by atoms with E-state index in [1.54, 1.807) is 30.2 Å². The van der Waals surface area contributed by atoms with Gasteiger partial charge in [-0.1, -0.05) is 0 Å². The van der Waals surface area contributed by atoms with Gasteiger partial charge in [0.25, 0.3) is 0 Å². The smallest absolute Gasteiger partial charge is 0.409 e. The van der Waals surface area contributed by atoms with E-state index < -0.39 is 0 Å². The monoisotopic (exact) mass is 375 g/mol. The number of aromatic nitrogens is 3. The Labute approximate surface area is 157 Å². The summed E-state index contributed by atoms with van der Waals surface area (Å²) in [4.78, 5) is 22.1. The maximum atomic E-state index is 11.7. The van der Waals surface area contributed by atoms with Crippen LogP contribution in [0.3, 0.4) is 0 Å². The lowest BCUT2D eigenvalue weighted by Crippen LogP contribution is -2.48. The van der Waals surface area contributed by atoms with Crippen molar-refractivity contribution in [2.24, 2.45) is 10.7 Å². The standard InChI is InChI=1S/C17H25N7O3/c1-2-26-17(25)24-9-6-12(7-10-24)20-16(18)19-8-5-14-21-15(23-22-14)13-4-3-11-27-13/h3-4,11-12H,2,5-10H2,1H3,(H3,18,19,20)(H,21,22,23). The number of hydrogen-bond acceptors (Lipinski definition) is 6. The summed E-state index contributed by atoms with van der Waals surface area (Å²) in [6, 6.07) is 3.80. The number of likely N-dealkylation sites (tertiary alicyclic amines) is 1. The molecule has 1 aliphatic heterocycles. The van der Waals surface area contributed by atoms with Crippen molar-refractivity contribution in [1.82, 2.24) is 25.4 Å². The highest BCUT2D eigenvalue weighted by atomic mass is 16.6. The zero-order valence-corrected chi connectivity index (χ0v) is 15.4. The van der Waals surface area contributed by atoms with Crippen molar-refractivity contribution in [1.29, 1.82) is 0 Å². The van der Waals surface area contributed by atoms with Crippen molar-refractivity contribution in [3.05, 3.63) is 24.2 Å². The van der Waals surface area contributed by atoms with E-state index in [1.165, 1.54) is 0 Å². The van der Waals surface area contributed by atoms with Gasteiger partial charge in [0.2, 0.25) is 5.82 Å². The Hall–Kier alpha value is -3.04. The number of guanidine groups is 1. The average Bonchev–Trinajstić information content (AvgIpc) is 3.34. The normalized spacial score (nSPS) is 15.7. The largest absolute Gasteiger partial charge is 0.461 e. The minimum Gasteiger partial charge on any atom is -0.461 e. The number of furan rings is 1. The van der Waals surface area contributed by atoms with Gasteiger partial charge in [-0.15, -0.1) is 0 Å². The Balaban J connectivity index is 1.39. The summed E-state index contributed by atoms with van der Waals surface area (Å²) in [5.41, 5.74) is 5.97. The van der Waals surface area contributed by atoms with Crippen LogP contribution in [0.2, 0.25) is 0 Å². The van der Waals surface area contributed by atoms with E-state index in [9.17, 15) is 4.79 Å². The molecular weight excluding hydrogens is 350 g/mol. The van der Waals surface area contributed by atoms with Crippen LogP contribution in [0.1, 0.15) is 25.6 Å². The number of carbonyl (C=O) groups is 1. The fourth-order valence-corrected chi connectivity index (χ4v) is 2.88. The molecule has 27 heavy (non-hydrogen) atoms. The first-order valence-electron chi connectivity index (χ1n) is 9.09. The number of ether oxygens (including phenoxy) is 1. The van der Waals surface area contributed by atoms with Gasteiger partial charge in [0, 0.05) is 32.1 Å². The van der Waals surface area contributed by atoms with Crippen LogP contribution in [-0.2, 0) is 11.2 Å². The number of piperidine rings is 1. The molecule has 4 N–H and O–H groups in total. The maximum Gasteiger partial charge on any atom is 0.409 e. The van der Waals surface area contributed by atoms with E-state index in [0.717, 1.165) is 18.7 Å². The highest BCUT2D eigenvalue weighted by Gasteiger charge is 2.23. The lowest BCUT2D eigenvalue weighted by molar-refractivity contribution is 0.0963. The summed E-state index contributed by atoms with van der Waals surface area (Å²) in [5, 5.41) is 10.2. The number of amides is 1. The van der Waals surface area contributed by atoms with Gasteiger partial charge in [-0.25, -0.2) is 9.78 Å². The fourth-order valence-electron chi connectivity index (χ4n) is 2.88. The molecule has 3 rings (SSSR count). The number of nitrogens with one attached hydrogen (secondary N) is 2. The summed E-state index contributed by atoms with van der Waals surface area (Å²) < 4.78 is 10.3. The van der Waals surface area contributed by atoms with Crippen LogP contribution in [0.25, 0.3) is 11.6 Å². The van der Waals surface area contributed by atoms with Crippen LogP contribution in [-0.4, -0.2) is 64.4 Å². The Morgan fingerprint density at radius 3 is 3.04 bits per heavy atom. The number of hydrogen-bond donors (Lipinski definition) is 3. The van der Waals surface area contributed by atoms with Gasteiger partial charge in [0.1, 0.15) is 5.82 Å². The summed E-state index contributed by atoms with van der Waals surface area (Å²) in [6.45, 7) is 3.99. The molecule has 1 amide bonds. The highest BCUT2D eigenvalue weighted by Crippen LogP contribution is 2.14. The Morgan fingerprint density at radius 2 is 2.33 bits per heavy atom. The van der Waals surface area contributed by atoms with Crippen LogP contribution in [0.5, 0.6) is 0 Å². The topological polar surface area (TPSA) is 135 Å². The van der Waals surface area contributed by atoms with Crippen LogP contribution in [0.4, 0.5) is 4.79 Å². The molecule has 2 aromatic rings. The maximum absolute atomic E-state index is 11.7. The molecule has 0 unspecified atom stereocenters. The van der Waals surface area contributed by atoms with Gasteiger partial charge >= 0.3 is 6.09 Å². The van der Waals surface area contributed by atoms with Gasteiger partial charge in [-0.05, 0) is 31.9 Å². The van der Waals surface area contributed by atoms with Crippen LogP contribution in [0, 0.1) is 0 Å². The van der Waals surface area contributed by atoms with E-state index in [-0.39, 0.29) is 12.1 Å². The number of aliphatic imine (C=N–C) groups is 1. The zero-order valence-electron chi connectivity index (χ0n) is 15.4. The number of carbonyl (C=O) groups excluding carboxylic acids is 1. The zero-order chi connectivity index (χ0) is 19.1. The molecule has 1 saturated heterocycles. The molecule has 1 aliphatic rings. The number of nitrogens with zero attached hydrogens (tertiary/aromatic N) is 4. The molecule has 0 saturated carbocycles. The van der Waals surface area contributed by atoms with Crippen molar-refractivity contribution in [3.8, 4) is 11.6 Å². The predicted octanol–water partition coefficient (Wildman–Crippen LogP) is 1.13. The molecule has 10 heteroatoms. The summed E-state index contributed by atoms with van der Waals surface area (Å²) in [6.07, 6.45) is 3.54. The molecule has 1 fully saturated rings. The molecule has 0 bridgehead atoms. The fraction of sp³-hybridized carbons (Fsp3) is 0.529. The minimum atomic E-state index is -0.251. The van der Waals surface area contributed by atoms with Gasteiger partial charge in [0.05, 0.1) is 12.9 Å². The van der Waals surface area contributed by atoms with Crippen LogP contribution < -0.4 is 11.1 Å². The molecule has 0 atom stereocenters. The number of rotatable bonds is 6. The molecule has 3 heterocycles. The molecule has 0 spiro atoms. The van der Waals surface area contributed by atoms with Crippen LogP contribution in [0.15, 0.2) is 27.8 Å². The molecule has 2 aromatic heterocycles. The van der Waals surface area contributed by atoms with Crippen molar-refractivity contribution in [3.63, 3.8) is 0 Å². The quantitative estimate of drug-likeness (QED) is 0.509. The van der Waals surface area contributed by atoms with E-state index in [2.05, 4.69) is 25.5 Å². The second-order valence-electron chi connectivity index (χ2n) is 6.20. The first-order valence-corrected chi connectivity index (χ1v) is 9.09. The number of nitrogens with two attached hydrogens (primary N) is 1. The second kappa shape index (κ2) is 9.06. The number of aromatic amines is 1. The third-order valence-corrected chi connectivity index (χ3v) is 4.28. The van der Waals surface area contributed by atoms with Gasteiger partial charge in [-0.3, -0.25) is 10.1 Å². The van der Waals surface area contributed by atoms with Gasteiger partial charge in [0.15, 0.2) is 11.7 Å². The van der Waals surface area contributed by atoms with E-state index in [0.29, 0.717) is 50.2 Å². The third-order valence-electron chi connectivity index (χ3n) is 4.28. The van der Waals surface area contributed by atoms with Crippen LogP contribution >= 0.6 is 0 Å². The lowest BCUT2D eigenvalue weighted by atomic mass is 10.1. The molecule has 0 radical (unpaired) electrons. The first kappa shape index (κ1) is 18.7. The Morgan fingerprint density at radius 1 is 1.52 bits per heavy atom. The summed E-state index contributed by atoms with van der Waals surface area (Å²) >= 11 is 0. The molecular formula is C17H25N7O3. The lowest BCUT2D eigenvalue weighted by Gasteiger charge is -2.31. The van der Waals surface area contributed by atoms with Crippen molar-refractivity contribution in [2.45, 2.75) is 32.2 Å².